The number of carboxylic acid groups (broad SMARTS) is 1. The molecule has 2 saturated heterocycles. The van der Waals surface area contributed by atoms with Gasteiger partial charge in [-0.05, 0) is 18.9 Å². The Labute approximate surface area is 231 Å². The Bertz CT molecular complexity index is 1230. The minimum atomic E-state index is -5.07. The van der Waals surface area contributed by atoms with Gasteiger partial charge in [0.15, 0.2) is 6.23 Å². The van der Waals surface area contributed by atoms with Crippen molar-refractivity contribution in [3.63, 3.8) is 0 Å². The predicted molar refractivity (Wildman–Crippen MR) is 129 cm³/mol. The van der Waals surface area contributed by atoms with Crippen LogP contribution >= 0.6 is 7.60 Å². The van der Waals surface area contributed by atoms with Gasteiger partial charge in [-0.25, -0.2) is 4.79 Å². The van der Waals surface area contributed by atoms with Gasteiger partial charge in [0.1, 0.15) is 54.1 Å². The number of nitrogens with zero attached hydrogens (tertiary/aromatic N) is 3. The zero-order chi connectivity index (χ0) is 30.9. The Kier molecular flexibility index (Phi) is 10.3. The molecule has 0 aromatic carbocycles. The Morgan fingerprint density at radius 1 is 1.34 bits per heavy atom. The first kappa shape index (κ1) is 33.0. The van der Waals surface area contributed by atoms with E-state index in [9.17, 15) is 59.9 Å². The molecule has 0 bridgehead atoms. The Morgan fingerprint density at radius 2 is 2.00 bits per heavy atom. The molecule has 0 radical (unpaired) electrons. The SMILES string of the molecule is CC([O-])=N[C@H]1[C@H]([C@H](O)[C@H](O)CO)O[C@](CP(=O)(O)OC[C@H]2O[C@@H](n3ccc(N)nc3=O)[C@H](O)[C@@H]2O)(C(=O)[O-])C[C@@H]1O. The summed E-state index contributed by atoms with van der Waals surface area (Å²) in [6, 6.07) is -0.423. The summed E-state index contributed by atoms with van der Waals surface area (Å²) >= 11 is 0. The molecule has 11 atom stereocenters. The number of carbonyl (C=O) groups is 1. The summed E-state index contributed by atoms with van der Waals surface area (Å²) in [7, 11) is -5.07. The lowest BCUT2D eigenvalue weighted by Gasteiger charge is -2.48. The van der Waals surface area contributed by atoms with E-state index >= 15 is 0 Å². The van der Waals surface area contributed by atoms with Gasteiger partial charge in [-0.1, -0.05) is 0 Å². The molecular weight excluding hydrogens is 579 g/mol. The smallest absolute Gasteiger partial charge is 0.351 e. The fraction of sp³-hybridized carbons (Fsp3) is 0.714. The number of hydrogen-bond donors (Lipinski definition) is 8. The third kappa shape index (κ3) is 7.27. The highest BCUT2D eigenvalue weighted by Gasteiger charge is 2.54. The first-order valence-corrected chi connectivity index (χ1v) is 13.9. The molecule has 1 aromatic heterocycles. The summed E-state index contributed by atoms with van der Waals surface area (Å²) in [4.78, 5) is 41.8. The number of aliphatic hydroxyl groups excluding tert-OH is 6. The van der Waals surface area contributed by atoms with E-state index in [1.54, 1.807) is 0 Å². The molecule has 41 heavy (non-hydrogen) atoms. The minimum Gasteiger partial charge on any atom is -0.862 e. The average molecular weight is 610 g/mol. The highest BCUT2D eigenvalue weighted by atomic mass is 31.2. The van der Waals surface area contributed by atoms with Crippen molar-refractivity contribution in [1.82, 2.24) is 9.55 Å². The molecule has 0 saturated carbocycles. The van der Waals surface area contributed by atoms with E-state index < -0.39 is 112 Å². The van der Waals surface area contributed by atoms with E-state index in [-0.39, 0.29) is 5.82 Å². The molecule has 20 heteroatoms. The third-order valence-corrected chi connectivity index (χ3v) is 8.07. The number of ether oxygens (including phenoxy) is 2. The van der Waals surface area contributed by atoms with Gasteiger partial charge in [0, 0.05) is 12.6 Å². The van der Waals surface area contributed by atoms with Crippen molar-refractivity contribution in [2.24, 2.45) is 4.99 Å². The van der Waals surface area contributed by atoms with Crippen molar-refractivity contribution in [2.75, 3.05) is 25.1 Å². The van der Waals surface area contributed by atoms with E-state index in [1.807, 2.05) is 0 Å². The number of aliphatic hydroxyl groups is 6. The molecule has 3 rings (SSSR count). The van der Waals surface area contributed by atoms with Crippen LogP contribution in [-0.4, -0.2) is 131 Å². The summed E-state index contributed by atoms with van der Waals surface area (Å²) in [5.41, 5.74) is 1.65. The molecule has 9 N–H and O–H groups in total. The average Bonchev–Trinajstić information content (AvgIpc) is 3.16. The Balaban J connectivity index is 1.80. The van der Waals surface area contributed by atoms with Crippen LogP contribution in [0.25, 0.3) is 0 Å². The Hall–Kier alpha value is -2.55. The van der Waals surface area contributed by atoms with Crippen molar-refractivity contribution in [3.8, 4) is 0 Å². The molecule has 232 valence electrons. The molecule has 0 spiro atoms. The molecule has 1 unspecified atom stereocenters. The van der Waals surface area contributed by atoms with Crippen molar-refractivity contribution in [1.29, 1.82) is 0 Å². The van der Waals surface area contributed by atoms with E-state index in [4.69, 9.17) is 19.7 Å². The molecule has 1 aromatic rings. The molecule has 0 amide bonds. The van der Waals surface area contributed by atoms with Crippen LogP contribution in [0.3, 0.4) is 0 Å². The summed E-state index contributed by atoms with van der Waals surface area (Å²) in [6.07, 6.45) is -15.6. The standard InChI is InChI=1S/C21H33N4O15P/c1-8(27)23-13-9(28)4-21(19(33)34,40-17(13)14(30)10(29)5-26)7-41(36,37)38-6-11-15(31)16(32)18(39-11)25-3-2-12(22)24-20(25)35/h2-3,9-11,13-18,26,28-32H,4-7H2,1H3,(H,23,27)(H,33,34)(H,36,37)(H2,22,24,35)/p-2/t9-,10+,11+,13+,14+,15+,16+,17+,18+,21+/m0/s1. The molecule has 2 fully saturated rings. The third-order valence-electron chi connectivity index (χ3n) is 6.61. The molecular formula is C21H31N4O15P-2. The summed E-state index contributed by atoms with van der Waals surface area (Å²) in [6.45, 7) is -0.974. The number of nitrogens with two attached hydrogens (primary N) is 1. The van der Waals surface area contributed by atoms with E-state index in [0.717, 1.165) is 17.7 Å². The topological polar surface area (TPSA) is 323 Å². The second kappa shape index (κ2) is 12.8. The second-order valence-corrected chi connectivity index (χ2v) is 11.5. The monoisotopic (exact) mass is 610 g/mol. The van der Waals surface area contributed by atoms with Gasteiger partial charge in [-0.3, -0.25) is 14.1 Å². The number of aliphatic carboxylic acids is 1. The maximum atomic E-state index is 13.0. The lowest BCUT2D eigenvalue weighted by molar-refractivity contribution is -0.337. The van der Waals surface area contributed by atoms with Crippen LogP contribution in [0.1, 0.15) is 19.6 Å². The zero-order valence-electron chi connectivity index (χ0n) is 21.4. The quantitative estimate of drug-likeness (QED) is 0.0655. The fourth-order valence-electron chi connectivity index (χ4n) is 4.60. The number of rotatable bonds is 11. The van der Waals surface area contributed by atoms with Crippen molar-refractivity contribution in [3.05, 3.63) is 22.7 Å². The molecule has 2 aliphatic heterocycles. The largest absolute Gasteiger partial charge is 0.862 e. The van der Waals surface area contributed by atoms with Gasteiger partial charge >= 0.3 is 13.3 Å². The number of hydrogen-bond acceptors (Lipinski definition) is 17. The lowest BCUT2D eigenvalue weighted by atomic mass is 9.84. The van der Waals surface area contributed by atoms with Crippen LogP contribution in [-0.2, 0) is 23.4 Å². The van der Waals surface area contributed by atoms with Crippen LogP contribution < -0.4 is 21.6 Å². The lowest BCUT2D eigenvalue weighted by Crippen LogP contribution is -2.66. The van der Waals surface area contributed by atoms with E-state index in [2.05, 4.69) is 9.98 Å². The summed E-state index contributed by atoms with van der Waals surface area (Å²) in [5, 5.41) is 84.5. The van der Waals surface area contributed by atoms with Crippen LogP contribution in [0.4, 0.5) is 5.82 Å². The normalized spacial score (nSPS) is 35.5. The highest BCUT2D eigenvalue weighted by Crippen LogP contribution is 2.49. The van der Waals surface area contributed by atoms with Gasteiger partial charge < -0.3 is 70.3 Å². The van der Waals surface area contributed by atoms with Crippen LogP contribution in [0, 0.1) is 0 Å². The van der Waals surface area contributed by atoms with Crippen LogP contribution in [0.5, 0.6) is 0 Å². The number of carboxylic acids is 1. The minimum absolute atomic E-state index is 0.126. The van der Waals surface area contributed by atoms with Crippen LogP contribution in [0.15, 0.2) is 22.1 Å². The molecule has 3 heterocycles. The van der Waals surface area contributed by atoms with Crippen molar-refractivity contribution < 1.29 is 69.1 Å². The molecule has 19 nitrogen and oxygen atoms in total. The number of aromatic nitrogens is 2. The van der Waals surface area contributed by atoms with Gasteiger partial charge in [-0.2, -0.15) is 4.98 Å². The van der Waals surface area contributed by atoms with Crippen molar-refractivity contribution >= 4 is 25.3 Å². The fourth-order valence-corrected chi connectivity index (χ4v) is 6.05. The van der Waals surface area contributed by atoms with Gasteiger partial charge in [-0.15, -0.1) is 0 Å². The highest BCUT2D eigenvalue weighted by molar-refractivity contribution is 7.53. The van der Waals surface area contributed by atoms with Gasteiger partial charge in [0.2, 0.25) is 0 Å². The predicted octanol–water partition coefficient (Wildman–Crippen LogP) is -6.85. The molecule has 0 aliphatic carbocycles. The summed E-state index contributed by atoms with van der Waals surface area (Å²) in [5.74, 6) is -3.12. The van der Waals surface area contributed by atoms with Gasteiger partial charge in [0.25, 0.3) is 0 Å². The first-order valence-electron chi connectivity index (χ1n) is 12.1. The van der Waals surface area contributed by atoms with Crippen molar-refractivity contribution in [2.45, 2.75) is 73.9 Å². The van der Waals surface area contributed by atoms with E-state index in [1.165, 1.54) is 6.07 Å². The molecule has 2 aliphatic rings. The van der Waals surface area contributed by atoms with E-state index in [0.29, 0.717) is 0 Å². The first-order chi connectivity index (χ1) is 19.0. The Morgan fingerprint density at radius 3 is 2.56 bits per heavy atom. The maximum Gasteiger partial charge on any atom is 0.351 e. The van der Waals surface area contributed by atoms with Crippen LogP contribution in [0.2, 0.25) is 0 Å². The summed E-state index contributed by atoms with van der Waals surface area (Å²) < 4.78 is 29.5. The maximum absolute atomic E-state index is 13.0. The van der Waals surface area contributed by atoms with Gasteiger partial charge in [0.05, 0.1) is 31.4 Å². The number of anilines is 1. The number of carbonyl (C=O) groups excluding carboxylic acids is 1. The zero-order valence-corrected chi connectivity index (χ0v) is 22.3. The second-order valence-electron chi connectivity index (χ2n) is 9.69. The number of aliphatic imine (C=N–C) groups is 1. The number of nitrogen functional groups attached to an aromatic ring is 1.